The van der Waals surface area contributed by atoms with Crippen LogP contribution in [0.4, 0.5) is 5.69 Å². The van der Waals surface area contributed by atoms with Crippen molar-refractivity contribution in [2.45, 2.75) is 0 Å². The maximum Gasteiger partial charge on any atom is 0.176 e. The van der Waals surface area contributed by atoms with E-state index in [0.29, 0.717) is 11.5 Å². The summed E-state index contributed by atoms with van der Waals surface area (Å²) in [5.41, 5.74) is 3.49. The normalized spacial score (nSPS) is 11.6. The molecular formula is C16H13N3O. The first-order chi connectivity index (χ1) is 9.88. The van der Waals surface area contributed by atoms with Crippen LogP contribution < -0.4 is 5.48 Å². The Morgan fingerprint density at radius 3 is 2.55 bits per heavy atom. The largest absolute Gasteiger partial charge is 0.290 e. The molecule has 3 aromatic rings. The van der Waals surface area contributed by atoms with Gasteiger partial charge in [-0.25, -0.2) is 4.99 Å². The smallest absolute Gasteiger partial charge is 0.176 e. The first-order valence-electron chi connectivity index (χ1n) is 6.26. The van der Waals surface area contributed by atoms with Gasteiger partial charge in [-0.1, -0.05) is 42.5 Å². The molecule has 0 unspecified atom stereocenters. The van der Waals surface area contributed by atoms with Crippen LogP contribution in [-0.4, -0.2) is 16.0 Å². The third-order valence-corrected chi connectivity index (χ3v) is 3.01. The Balaban J connectivity index is 2.13. The highest BCUT2D eigenvalue weighted by molar-refractivity contribution is 6.01. The third-order valence-electron chi connectivity index (χ3n) is 3.01. The van der Waals surface area contributed by atoms with Gasteiger partial charge in [0.15, 0.2) is 5.84 Å². The second kappa shape index (κ2) is 5.50. The van der Waals surface area contributed by atoms with Crippen molar-refractivity contribution in [1.29, 1.82) is 0 Å². The lowest BCUT2D eigenvalue weighted by Gasteiger charge is -2.06. The van der Waals surface area contributed by atoms with Gasteiger partial charge in [-0.3, -0.25) is 15.7 Å². The van der Waals surface area contributed by atoms with E-state index in [1.165, 1.54) is 0 Å². The monoisotopic (exact) mass is 263 g/mol. The average Bonchev–Trinajstić information content (AvgIpc) is 2.53. The standard InChI is InChI=1S/C16H13N3O/c20-19-16(15-9-3-4-11-17-15)18-14-10-5-7-12-6-1-2-8-13(12)14/h1-11,20H,(H,18,19). The van der Waals surface area contributed by atoms with E-state index in [1.807, 2.05) is 54.6 Å². The van der Waals surface area contributed by atoms with Gasteiger partial charge >= 0.3 is 0 Å². The van der Waals surface area contributed by atoms with Crippen LogP contribution in [0.1, 0.15) is 5.69 Å². The molecule has 0 aliphatic rings. The first kappa shape index (κ1) is 12.3. The maximum absolute atomic E-state index is 9.29. The number of hydrogen-bond acceptors (Lipinski definition) is 3. The minimum atomic E-state index is 0.321. The zero-order valence-corrected chi connectivity index (χ0v) is 10.7. The van der Waals surface area contributed by atoms with E-state index in [1.54, 1.807) is 12.3 Å². The van der Waals surface area contributed by atoms with E-state index in [0.717, 1.165) is 16.5 Å². The molecule has 2 N–H and O–H groups in total. The Kier molecular flexibility index (Phi) is 3.39. The molecule has 0 saturated heterocycles. The molecule has 0 radical (unpaired) electrons. The molecule has 2 aromatic carbocycles. The Hall–Kier alpha value is -2.72. The second-order valence-electron chi connectivity index (χ2n) is 4.29. The average molecular weight is 263 g/mol. The van der Waals surface area contributed by atoms with E-state index in [4.69, 9.17) is 0 Å². The number of rotatable bonds is 2. The molecular weight excluding hydrogens is 250 g/mol. The number of aliphatic imine (C=N–C) groups is 1. The summed E-state index contributed by atoms with van der Waals surface area (Å²) in [6.07, 6.45) is 1.66. The molecule has 0 fully saturated rings. The molecule has 0 aliphatic heterocycles. The predicted octanol–water partition coefficient (Wildman–Crippen LogP) is 3.29. The molecule has 98 valence electrons. The molecule has 0 bridgehead atoms. The molecule has 1 aromatic heterocycles. The van der Waals surface area contributed by atoms with Gasteiger partial charge in [0.05, 0.1) is 5.69 Å². The first-order valence-corrected chi connectivity index (χ1v) is 6.26. The number of hydroxylamine groups is 1. The Morgan fingerprint density at radius 1 is 0.950 bits per heavy atom. The number of fused-ring (bicyclic) bond motifs is 1. The minimum Gasteiger partial charge on any atom is -0.290 e. The summed E-state index contributed by atoms with van der Waals surface area (Å²) in [4.78, 5) is 8.64. The summed E-state index contributed by atoms with van der Waals surface area (Å²) in [5.74, 6) is 0.321. The van der Waals surface area contributed by atoms with Gasteiger partial charge in [0.2, 0.25) is 0 Å². The summed E-state index contributed by atoms with van der Waals surface area (Å²) in [6, 6.07) is 19.3. The lowest BCUT2D eigenvalue weighted by molar-refractivity contribution is 0.235. The van der Waals surface area contributed by atoms with E-state index in [-0.39, 0.29) is 0 Å². The summed E-state index contributed by atoms with van der Waals surface area (Å²) in [6.45, 7) is 0. The van der Waals surface area contributed by atoms with Gasteiger partial charge in [-0.05, 0) is 23.6 Å². The fraction of sp³-hybridized carbons (Fsp3) is 0. The topological polar surface area (TPSA) is 57.5 Å². The zero-order chi connectivity index (χ0) is 13.8. The second-order valence-corrected chi connectivity index (χ2v) is 4.29. The van der Waals surface area contributed by atoms with Crippen LogP contribution in [-0.2, 0) is 0 Å². The molecule has 0 atom stereocenters. The molecule has 4 nitrogen and oxygen atoms in total. The summed E-state index contributed by atoms with van der Waals surface area (Å²) in [5, 5.41) is 11.4. The number of hydrogen-bond donors (Lipinski definition) is 2. The van der Waals surface area contributed by atoms with Crippen molar-refractivity contribution in [3.05, 3.63) is 72.6 Å². The van der Waals surface area contributed by atoms with Gasteiger partial charge in [-0.15, -0.1) is 0 Å². The molecule has 0 spiro atoms. The highest BCUT2D eigenvalue weighted by atomic mass is 16.5. The summed E-state index contributed by atoms with van der Waals surface area (Å²) < 4.78 is 0. The van der Waals surface area contributed by atoms with Crippen molar-refractivity contribution in [3.63, 3.8) is 0 Å². The van der Waals surface area contributed by atoms with Gasteiger partial charge in [-0.2, -0.15) is 0 Å². The maximum atomic E-state index is 9.29. The Labute approximate surface area is 116 Å². The number of aromatic nitrogens is 1. The van der Waals surface area contributed by atoms with Crippen molar-refractivity contribution in [2.75, 3.05) is 0 Å². The summed E-state index contributed by atoms with van der Waals surface area (Å²) >= 11 is 0. The minimum absolute atomic E-state index is 0.321. The number of pyridine rings is 1. The van der Waals surface area contributed by atoms with Crippen molar-refractivity contribution in [1.82, 2.24) is 10.5 Å². The fourth-order valence-electron chi connectivity index (χ4n) is 2.07. The predicted molar refractivity (Wildman–Crippen MR) is 79.3 cm³/mol. The van der Waals surface area contributed by atoms with E-state index >= 15 is 0 Å². The quantitative estimate of drug-likeness (QED) is 0.424. The highest BCUT2D eigenvalue weighted by Crippen LogP contribution is 2.25. The zero-order valence-electron chi connectivity index (χ0n) is 10.7. The fourth-order valence-corrected chi connectivity index (χ4v) is 2.07. The van der Waals surface area contributed by atoms with Crippen LogP contribution in [0.25, 0.3) is 10.8 Å². The molecule has 1 heterocycles. The molecule has 20 heavy (non-hydrogen) atoms. The lowest BCUT2D eigenvalue weighted by Crippen LogP contribution is -2.21. The highest BCUT2D eigenvalue weighted by Gasteiger charge is 2.05. The van der Waals surface area contributed by atoms with E-state index in [2.05, 4.69) is 15.5 Å². The third kappa shape index (κ3) is 2.37. The molecule has 3 rings (SSSR count). The van der Waals surface area contributed by atoms with Crippen molar-refractivity contribution >= 4 is 22.3 Å². The number of nitrogens with zero attached hydrogens (tertiary/aromatic N) is 2. The van der Waals surface area contributed by atoms with Crippen LogP contribution in [0.15, 0.2) is 71.9 Å². The van der Waals surface area contributed by atoms with E-state index < -0.39 is 0 Å². The van der Waals surface area contributed by atoms with Crippen LogP contribution in [0, 0.1) is 0 Å². The summed E-state index contributed by atoms with van der Waals surface area (Å²) in [7, 11) is 0. The molecule has 4 heteroatoms. The number of nitrogens with one attached hydrogen (secondary N) is 1. The SMILES string of the molecule is ONC(=Nc1cccc2ccccc12)c1ccccn1. The van der Waals surface area contributed by atoms with Crippen LogP contribution in [0.3, 0.4) is 0 Å². The van der Waals surface area contributed by atoms with Crippen molar-refractivity contribution in [2.24, 2.45) is 4.99 Å². The molecule has 0 amide bonds. The molecule has 0 aliphatic carbocycles. The Morgan fingerprint density at radius 2 is 1.75 bits per heavy atom. The van der Waals surface area contributed by atoms with E-state index in [9.17, 15) is 5.21 Å². The van der Waals surface area contributed by atoms with Crippen LogP contribution in [0.5, 0.6) is 0 Å². The number of amidine groups is 1. The van der Waals surface area contributed by atoms with Crippen molar-refractivity contribution in [3.8, 4) is 0 Å². The van der Waals surface area contributed by atoms with Crippen LogP contribution >= 0.6 is 0 Å². The van der Waals surface area contributed by atoms with Gasteiger partial charge in [0.25, 0.3) is 0 Å². The van der Waals surface area contributed by atoms with Crippen molar-refractivity contribution < 1.29 is 5.21 Å². The van der Waals surface area contributed by atoms with Gasteiger partial charge < -0.3 is 0 Å². The van der Waals surface area contributed by atoms with Gasteiger partial charge in [0.1, 0.15) is 5.69 Å². The van der Waals surface area contributed by atoms with Crippen LogP contribution in [0.2, 0.25) is 0 Å². The molecule has 0 saturated carbocycles. The Bertz CT molecular complexity index is 749. The number of benzene rings is 2. The lowest BCUT2D eigenvalue weighted by atomic mass is 10.1. The van der Waals surface area contributed by atoms with Gasteiger partial charge in [0, 0.05) is 11.6 Å².